The predicted molar refractivity (Wildman–Crippen MR) is 132 cm³/mol. The zero-order chi connectivity index (χ0) is 26.6. The maximum Gasteiger partial charge on any atom is 0.309 e. The number of fused-ring (bicyclic) bond motifs is 1. The molecule has 9 heteroatoms. The molecule has 0 unspecified atom stereocenters. The average Bonchev–Trinajstić information content (AvgIpc) is 2.89. The van der Waals surface area contributed by atoms with Crippen LogP contribution in [-0.2, 0) is 11.2 Å². The number of likely N-dealkylation sites (tertiary alicyclic amines) is 1. The fourth-order valence-corrected chi connectivity index (χ4v) is 4.93. The molecule has 5 nitrogen and oxygen atoms in total. The molecule has 0 bridgehead atoms. The third-order valence-corrected chi connectivity index (χ3v) is 7.16. The SMILES string of the molecule is COc1ccc2ncc(F)c(CCCC3(C(=O)O)CCN(CC=Cc4cc(F)c(F)c(F)c4)CC3)c2c1. The van der Waals surface area contributed by atoms with Crippen molar-refractivity contribution in [1.82, 2.24) is 9.88 Å². The predicted octanol–water partition coefficient (Wildman–Crippen LogP) is 6.00. The lowest BCUT2D eigenvalue weighted by Crippen LogP contribution is -2.44. The van der Waals surface area contributed by atoms with Crippen LogP contribution < -0.4 is 4.74 Å². The number of ether oxygens (including phenoxy) is 1. The molecular weight excluding hydrogens is 488 g/mol. The molecule has 1 aliphatic heterocycles. The van der Waals surface area contributed by atoms with Gasteiger partial charge >= 0.3 is 5.97 Å². The molecule has 1 aliphatic rings. The summed E-state index contributed by atoms with van der Waals surface area (Å²) in [5, 5.41) is 10.7. The molecule has 1 saturated heterocycles. The number of carbonyl (C=O) groups is 1. The van der Waals surface area contributed by atoms with E-state index in [4.69, 9.17) is 4.74 Å². The van der Waals surface area contributed by atoms with E-state index in [1.807, 2.05) is 0 Å². The van der Waals surface area contributed by atoms with Crippen molar-refractivity contribution in [3.63, 3.8) is 0 Å². The summed E-state index contributed by atoms with van der Waals surface area (Å²) in [4.78, 5) is 18.4. The van der Waals surface area contributed by atoms with Gasteiger partial charge in [0.05, 0.1) is 24.2 Å². The third kappa shape index (κ3) is 5.93. The van der Waals surface area contributed by atoms with E-state index in [1.54, 1.807) is 24.3 Å². The molecule has 1 N–H and O–H groups in total. The van der Waals surface area contributed by atoms with Crippen molar-refractivity contribution in [2.24, 2.45) is 5.41 Å². The lowest BCUT2D eigenvalue weighted by molar-refractivity contribution is -0.152. The minimum Gasteiger partial charge on any atom is -0.497 e. The molecule has 196 valence electrons. The van der Waals surface area contributed by atoms with E-state index < -0.39 is 34.7 Å². The Hall–Kier alpha value is -3.46. The number of rotatable bonds is 9. The second-order valence-corrected chi connectivity index (χ2v) is 9.41. The second-order valence-electron chi connectivity index (χ2n) is 9.41. The van der Waals surface area contributed by atoms with Crippen LogP contribution in [0.4, 0.5) is 17.6 Å². The van der Waals surface area contributed by atoms with Crippen LogP contribution in [-0.4, -0.2) is 47.7 Å². The first-order valence-electron chi connectivity index (χ1n) is 12.1. The first kappa shape index (κ1) is 26.6. The summed E-state index contributed by atoms with van der Waals surface area (Å²) >= 11 is 0. The number of methoxy groups -OCH3 is 1. The molecule has 3 aromatic rings. The maximum atomic E-state index is 14.6. The molecule has 0 saturated carbocycles. The van der Waals surface area contributed by atoms with Crippen LogP contribution in [0.15, 0.2) is 42.6 Å². The van der Waals surface area contributed by atoms with E-state index in [2.05, 4.69) is 9.88 Å². The number of carboxylic acids is 1. The van der Waals surface area contributed by atoms with E-state index >= 15 is 0 Å². The molecule has 0 atom stereocenters. The molecule has 0 amide bonds. The van der Waals surface area contributed by atoms with Gasteiger partial charge in [0.15, 0.2) is 17.5 Å². The summed E-state index contributed by atoms with van der Waals surface area (Å²) in [5.74, 6) is -4.68. The van der Waals surface area contributed by atoms with Crippen LogP contribution >= 0.6 is 0 Å². The summed E-state index contributed by atoms with van der Waals surface area (Å²) in [5.41, 5.74) is 0.459. The molecule has 0 radical (unpaired) electrons. The number of halogens is 4. The van der Waals surface area contributed by atoms with Crippen molar-refractivity contribution in [3.8, 4) is 5.75 Å². The van der Waals surface area contributed by atoms with Gasteiger partial charge in [0, 0.05) is 11.9 Å². The van der Waals surface area contributed by atoms with Crippen LogP contribution in [0, 0.1) is 28.7 Å². The van der Waals surface area contributed by atoms with E-state index in [9.17, 15) is 27.5 Å². The van der Waals surface area contributed by atoms with Crippen LogP contribution in [0.3, 0.4) is 0 Å². The average molecular weight is 517 g/mol. The molecule has 0 aliphatic carbocycles. The van der Waals surface area contributed by atoms with Crippen molar-refractivity contribution >= 4 is 22.9 Å². The van der Waals surface area contributed by atoms with Crippen LogP contribution in [0.1, 0.15) is 36.8 Å². The highest BCUT2D eigenvalue weighted by molar-refractivity contribution is 5.83. The third-order valence-electron chi connectivity index (χ3n) is 7.16. The number of benzene rings is 2. The first-order valence-corrected chi connectivity index (χ1v) is 12.1. The number of aliphatic carboxylic acids is 1. The number of aromatic nitrogens is 1. The molecule has 2 aromatic carbocycles. The Balaban J connectivity index is 1.36. The zero-order valence-electron chi connectivity index (χ0n) is 20.4. The van der Waals surface area contributed by atoms with E-state index in [-0.39, 0.29) is 5.56 Å². The Bertz CT molecular complexity index is 1300. The summed E-state index contributed by atoms with van der Waals surface area (Å²) in [7, 11) is 1.54. The van der Waals surface area contributed by atoms with Crippen molar-refractivity contribution in [2.45, 2.75) is 32.1 Å². The smallest absolute Gasteiger partial charge is 0.309 e. The number of pyridine rings is 1. The second kappa shape index (κ2) is 11.3. The van der Waals surface area contributed by atoms with Gasteiger partial charge in [-0.1, -0.05) is 12.2 Å². The minimum absolute atomic E-state index is 0.210. The minimum atomic E-state index is -1.50. The number of piperidine rings is 1. The summed E-state index contributed by atoms with van der Waals surface area (Å²) in [6, 6.07) is 7.12. The highest BCUT2D eigenvalue weighted by Crippen LogP contribution is 2.37. The quantitative estimate of drug-likeness (QED) is 0.279. The number of aryl methyl sites for hydroxylation is 1. The van der Waals surface area contributed by atoms with Crippen molar-refractivity contribution in [1.29, 1.82) is 0 Å². The van der Waals surface area contributed by atoms with Crippen molar-refractivity contribution < 1.29 is 32.2 Å². The number of hydrogen-bond acceptors (Lipinski definition) is 4. The lowest BCUT2D eigenvalue weighted by Gasteiger charge is -2.38. The highest BCUT2D eigenvalue weighted by atomic mass is 19.2. The Morgan fingerprint density at radius 1 is 1.11 bits per heavy atom. The molecule has 2 heterocycles. The van der Waals surface area contributed by atoms with E-state index in [0.29, 0.717) is 74.0 Å². The van der Waals surface area contributed by atoms with Gasteiger partial charge in [0.2, 0.25) is 0 Å². The van der Waals surface area contributed by atoms with Gasteiger partial charge in [-0.05, 0) is 86.7 Å². The van der Waals surface area contributed by atoms with Gasteiger partial charge in [-0.2, -0.15) is 0 Å². The standard InChI is InChI=1S/C28H28F4N2O3/c1-37-19-6-7-25-21(16-19)20(24(31)17-33-25)5-2-8-28(27(35)36)9-12-34(13-10-28)11-3-4-18-14-22(29)26(32)23(30)15-18/h3-4,6-7,14-17H,2,5,8-13H2,1H3,(H,35,36). The summed E-state index contributed by atoms with van der Waals surface area (Å²) in [6.07, 6.45) is 6.57. The zero-order valence-corrected chi connectivity index (χ0v) is 20.4. The van der Waals surface area contributed by atoms with Gasteiger partial charge in [-0.25, -0.2) is 17.6 Å². The lowest BCUT2D eigenvalue weighted by atomic mass is 9.74. The van der Waals surface area contributed by atoms with Gasteiger partial charge < -0.3 is 9.84 Å². The van der Waals surface area contributed by atoms with Crippen molar-refractivity contribution in [2.75, 3.05) is 26.7 Å². The molecule has 0 spiro atoms. The summed E-state index contributed by atoms with van der Waals surface area (Å²) in [6.45, 7) is 1.53. The van der Waals surface area contributed by atoms with Gasteiger partial charge in [0.1, 0.15) is 11.6 Å². The topological polar surface area (TPSA) is 62.7 Å². The normalized spacial score (nSPS) is 15.9. The van der Waals surface area contributed by atoms with E-state index in [1.165, 1.54) is 19.4 Å². The fourth-order valence-electron chi connectivity index (χ4n) is 4.93. The first-order chi connectivity index (χ1) is 17.7. The number of hydrogen-bond donors (Lipinski definition) is 1. The Morgan fingerprint density at radius 3 is 2.46 bits per heavy atom. The Labute approximate surface area is 212 Å². The van der Waals surface area contributed by atoms with Crippen LogP contribution in [0.25, 0.3) is 17.0 Å². The maximum absolute atomic E-state index is 14.6. The monoisotopic (exact) mass is 516 g/mol. The van der Waals surface area contributed by atoms with Gasteiger partial charge in [0.25, 0.3) is 0 Å². The van der Waals surface area contributed by atoms with Gasteiger partial charge in [-0.3, -0.25) is 14.7 Å². The van der Waals surface area contributed by atoms with Crippen LogP contribution in [0.5, 0.6) is 5.75 Å². The molecule has 1 aromatic heterocycles. The van der Waals surface area contributed by atoms with Crippen molar-refractivity contribution in [3.05, 3.63) is 77.0 Å². The summed E-state index contributed by atoms with van der Waals surface area (Å²) < 4.78 is 59.8. The Morgan fingerprint density at radius 2 is 1.81 bits per heavy atom. The van der Waals surface area contributed by atoms with Crippen LogP contribution in [0.2, 0.25) is 0 Å². The van der Waals surface area contributed by atoms with Gasteiger partial charge in [-0.15, -0.1) is 0 Å². The number of carboxylic acid groups (broad SMARTS) is 1. The largest absolute Gasteiger partial charge is 0.497 e. The Kier molecular flexibility index (Phi) is 8.12. The molecule has 37 heavy (non-hydrogen) atoms. The highest BCUT2D eigenvalue weighted by Gasteiger charge is 2.40. The number of nitrogens with zero attached hydrogens (tertiary/aromatic N) is 2. The molecule has 4 rings (SSSR count). The fraction of sp³-hybridized carbons (Fsp3) is 0.357. The molecular formula is C28H28F4N2O3. The molecule has 1 fully saturated rings. The van der Waals surface area contributed by atoms with E-state index in [0.717, 1.165) is 12.1 Å².